The summed E-state index contributed by atoms with van der Waals surface area (Å²) in [5.41, 5.74) is 1.11. The molecule has 0 aliphatic rings. The van der Waals surface area contributed by atoms with Gasteiger partial charge in [0.25, 0.3) is 0 Å². The average Bonchev–Trinajstić information content (AvgIpc) is 2.22. The van der Waals surface area contributed by atoms with Gasteiger partial charge in [-0.2, -0.15) is 0 Å². The topological polar surface area (TPSA) is 41.1 Å². The Kier molecular flexibility index (Phi) is 4.10. The van der Waals surface area contributed by atoms with Gasteiger partial charge in [-0.25, -0.2) is 9.97 Å². The van der Waals surface area contributed by atoms with Crippen LogP contribution in [-0.2, 0) is 0 Å². The fourth-order valence-corrected chi connectivity index (χ4v) is 1.54. The Morgan fingerprint density at radius 3 is 2.38 bits per heavy atom. The van der Waals surface area contributed by atoms with Gasteiger partial charge in [-0.1, -0.05) is 0 Å². The monoisotopic (exact) mass is 222 g/mol. The Morgan fingerprint density at radius 1 is 1.25 bits per heavy atom. The number of hydrogen-bond acceptors (Lipinski definition) is 4. The fourth-order valence-electron chi connectivity index (χ4n) is 1.54. The predicted octanol–water partition coefficient (Wildman–Crippen LogP) is 2.37. The third kappa shape index (κ3) is 2.62. The van der Waals surface area contributed by atoms with Crippen molar-refractivity contribution >= 4 is 11.6 Å². The Balaban J connectivity index is 3.18. The minimum atomic E-state index is 0.433. The van der Waals surface area contributed by atoms with Crippen LogP contribution in [-0.4, -0.2) is 29.6 Å². The highest BCUT2D eigenvalue weighted by molar-refractivity contribution is 5.58. The molecule has 0 radical (unpaired) electrons. The molecule has 1 aromatic heterocycles. The first-order valence-electron chi connectivity index (χ1n) is 5.79. The van der Waals surface area contributed by atoms with Gasteiger partial charge in [0, 0.05) is 25.2 Å². The van der Waals surface area contributed by atoms with Gasteiger partial charge in [-0.05, 0) is 34.6 Å². The summed E-state index contributed by atoms with van der Waals surface area (Å²) in [6.07, 6.45) is 0. The summed E-state index contributed by atoms with van der Waals surface area (Å²) in [6, 6.07) is 0.433. The molecule has 0 saturated heterocycles. The molecule has 4 nitrogen and oxygen atoms in total. The molecule has 0 amide bonds. The van der Waals surface area contributed by atoms with Crippen LogP contribution in [0.3, 0.4) is 0 Å². The van der Waals surface area contributed by atoms with Gasteiger partial charge in [-0.3, -0.25) is 0 Å². The first kappa shape index (κ1) is 12.7. The van der Waals surface area contributed by atoms with Crippen molar-refractivity contribution in [2.24, 2.45) is 0 Å². The van der Waals surface area contributed by atoms with Crippen LogP contribution in [0.5, 0.6) is 0 Å². The van der Waals surface area contributed by atoms with Gasteiger partial charge >= 0.3 is 0 Å². The van der Waals surface area contributed by atoms with Crippen LogP contribution < -0.4 is 10.2 Å². The van der Waals surface area contributed by atoms with Crippen molar-refractivity contribution in [2.75, 3.05) is 23.8 Å². The van der Waals surface area contributed by atoms with E-state index in [-0.39, 0.29) is 0 Å². The zero-order chi connectivity index (χ0) is 12.3. The number of nitrogens with one attached hydrogen (secondary N) is 1. The largest absolute Gasteiger partial charge is 0.370 e. The van der Waals surface area contributed by atoms with Crippen LogP contribution in [0.4, 0.5) is 11.6 Å². The van der Waals surface area contributed by atoms with E-state index < -0.39 is 0 Å². The summed E-state index contributed by atoms with van der Waals surface area (Å²) in [7, 11) is 2.06. The highest BCUT2D eigenvalue weighted by atomic mass is 15.2. The van der Waals surface area contributed by atoms with Gasteiger partial charge in [0.15, 0.2) is 0 Å². The Hall–Kier alpha value is -1.32. The molecule has 4 heteroatoms. The second-order valence-electron chi connectivity index (χ2n) is 4.30. The van der Waals surface area contributed by atoms with Gasteiger partial charge in [0.2, 0.25) is 0 Å². The van der Waals surface area contributed by atoms with Crippen LogP contribution in [0, 0.1) is 13.8 Å². The van der Waals surface area contributed by atoms with Crippen LogP contribution in [0.15, 0.2) is 0 Å². The van der Waals surface area contributed by atoms with E-state index in [0.717, 1.165) is 29.6 Å². The molecule has 0 aromatic carbocycles. The zero-order valence-corrected chi connectivity index (χ0v) is 11.1. The highest BCUT2D eigenvalue weighted by Gasteiger charge is 2.14. The van der Waals surface area contributed by atoms with Crippen molar-refractivity contribution in [2.45, 2.75) is 40.7 Å². The molecule has 0 saturated carbocycles. The quantitative estimate of drug-likeness (QED) is 0.849. The third-order valence-corrected chi connectivity index (χ3v) is 2.68. The molecule has 0 aliphatic heterocycles. The molecule has 0 atom stereocenters. The highest BCUT2D eigenvalue weighted by Crippen LogP contribution is 2.23. The van der Waals surface area contributed by atoms with Crippen LogP contribution in [0.1, 0.15) is 32.2 Å². The molecule has 1 N–H and O–H groups in total. The number of aromatic nitrogens is 2. The number of hydrogen-bond donors (Lipinski definition) is 1. The Labute approximate surface area is 98.1 Å². The molecule has 1 aromatic rings. The van der Waals surface area contributed by atoms with E-state index in [2.05, 4.69) is 54.9 Å². The van der Waals surface area contributed by atoms with E-state index in [9.17, 15) is 0 Å². The van der Waals surface area contributed by atoms with Crippen molar-refractivity contribution in [3.05, 3.63) is 11.4 Å². The maximum Gasteiger partial charge on any atom is 0.137 e. The lowest BCUT2D eigenvalue weighted by molar-refractivity contribution is 0.735. The van der Waals surface area contributed by atoms with Gasteiger partial charge in [0.05, 0.1) is 0 Å². The van der Waals surface area contributed by atoms with E-state index in [1.807, 2.05) is 6.92 Å². The van der Waals surface area contributed by atoms with Crippen molar-refractivity contribution in [3.63, 3.8) is 0 Å². The summed E-state index contributed by atoms with van der Waals surface area (Å²) in [4.78, 5) is 11.1. The average molecular weight is 222 g/mol. The first-order valence-corrected chi connectivity index (χ1v) is 5.79. The normalized spacial score (nSPS) is 10.7. The first-order chi connectivity index (χ1) is 7.47. The summed E-state index contributed by atoms with van der Waals surface area (Å²) in [6.45, 7) is 11.3. The SMILES string of the molecule is CCNc1nc(C)nc(N(C)C(C)C)c1C. The summed E-state index contributed by atoms with van der Waals surface area (Å²) in [5, 5.41) is 3.27. The molecule has 0 spiro atoms. The smallest absolute Gasteiger partial charge is 0.137 e. The minimum absolute atomic E-state index is 0.433. The third-order valence-electron chi connectivity index (χ3n) is 2.68. The van der Waals surface area contributed by atoms with Gasteiger partial charge < -0.3 is 10.2 Å². The molecule has 0 bridgehead atoms. The molecule has 16 heavy (non-hydrogen) atoms. The molecular weight excluding hydrogens is 200 g/mol. The second kappa shape index (κ2) is 5.14. The van der Waals surface area contributed by atoms with Crippen LogP contribution >= 0.6 is 0 Å². The van der Waals surface area contributed by atoms with Crippen LogP contribution in [0.25, 0.3) is 0 Å². The summed E-state index contributed by atoms with van der Waals surface area (Å²) in [5.74, 6) is 2.76. The lowest BCUT2D eigenvalue weighted by Gasteiger charge is -2.25. The molecule has 1 rings (SSSR count). The predicted molar refractivity (Wildman–Crippen MR) is 69.2 cm³/mol. The van der Waals surface area contributed by atoms with Gasteiger partial charge in [-0.15, -0.1) is 0 Å². The van der Waals surface area contributed by atoms with Crippen molar-refractivity contribution in [3.8, 4) is 0 Å². The Bertz CT molecular complexity index is 360. The van der Waals surface area contributed by atoms with E-state index in [0.29, 0.717) is 6.04 Å². The van der Waals surface area contributed by atoms with Crippen molar-refractivity contribution < 1.29 is 0 Å². The van der Waals surface area contributed by atoms with Crippen molar-refractivity contribution in [1.82, 2.24) is 9.97 Å². The van der Waals surface area contributed by atoms with Crippen LogP contribution in [0.2, 0.25) is 0 Å². The molecule has 90 valence electrons. The van der Waals surface area contributed by atoms with E-state index in [1.54, 1.807) is 0 Å². The fraction of sp³-hybridized carbons (Fsp3) is 0.667. The standard InChI is InChI=1S/C12H22N4/c1-7-13-11-9(4)12(15-10(5)14-11)16(6)8(2)3/h8H,7H2,1-6H3,(H,13,14,15). The Morgan fingerprint density at radius 2 is 1.88 bits per heavy atom. The number of rotatable bonds is 4. The molecule has 0 unspecified atom stereocenters. The summed E-state index contributed by atoms with van der Waals surface area (Å²) < 4.78 is 0. The molecule has 0 aliphatic carbocycles. The van der Waals surface area contributed by atoms with Crippen molar-refractivity contribution in [1.29, 1.82) is 0 Å². The second-order valence-corrected chi connectivity index (χ2v) is 4.30. The molecule has 0 fully saturated rings. The van der Waals surface area contributed by atoms with E-state index >= 15 is 0 Å². The molecular formula is C12H22N4. The number of aryl methyl sites for hydroxylation is 1. The maximum atomic E-state index is 4.51. The summed E-state index contributed by atoms with van der Waals surface area (Å²) >= 11 is 0. The number of nitrogens with zero attached hydrogens (tertiary/aromatic N) is 3. The maximum absolute atomic E-state index is 4.51. The minimum Gasteiger partial charge on any atom is -0.370 e. The zero-order valence-electron chi connectivity index (χ0n) is 11.1. The van der Waals surface area contributed by atoms with E-state index in [1.165, 1.54) is 0 Å². The lowest BCUT2D eigenvalue weighted by Crippen LogP contribution is -2.28. The molecule has 1 heterocycles. The lowest BCUT2D eigenvalue weighted by atomic mass is 10.2. The number of anilines is 2. The van der Waals surface area contributed by atoms with Gasteiger partial charge in [0.1, 0.15) is 17.5 Å². The van der Waals surface area contributed by atoms with E-state index in [4.69, 9.17) is 0 Å².